The molecule has 1 aromatic heterocycles. The summed E-state index contributed by atoms with van der Waals surface area (Å²) < 4.78 is 6.77. The van der Waals surface area contributed by atoms with E-state index in [9.17, 15) is 14.9 Å². The largest absolute Gasteiger partial charge is 0.495 e. The summed E-state index contributed by atoms with van der Waals surface area (Å²) in [6, 6.07) is 12.3. The molecule has 0 unspecified atom stereocenters. The number of aromatic nitrogens is 4. The Bertz CT molecular complexity index is 1150. The Balaban J connectivity index is 1.75. The normalized spacial score (nSPS) is 15.2. The number of benzene rings is 2. The van der Waals surface area contributed by atoms with E-state index in [4.69, 9.17) is 4.74 Å². The highest BCUT2D eigenvalue weighted by molar-refractivity contribution is 6.06. The topological polar surface area (TPSA) is 137 Å². The Morgan fingerprint density at radius 2 is 1.97 bits per heavy atom. The predicted octanol–water partition coefficient (Wildman–Crippen LogP) is 2.52. The molecule has 0 spiro atoms. The monoisotopic (exact) mass is 407 g/mol. The molecule has 0 bridgehead atoms. The van der Waals surface area contributed by atoms with Crippen LogP contribution in [0.25, 0.3) is 0 Å². The predicted molar refractivity (Wildman–Crippen MR) is 107 cm³/mol. The number of anilines is 2. The van der Waals surface area contributed by atoms with Crippen LogP contribution in [0.5, 0.6) is 5.75 Å². The van der Waals surface area contributed by atoms with Crippen molar-refractivity contribution in [2.24, 2.45) is 0 Å². The smallest absolute Gasteiger partial charge is 0.269 e. The number of para-hydroxylation sites is 2. The number of nitro groups is 1. The number of nitro benzene ring substituents is 1. The summed E-state index contributed by atoms with van der Waals surface area (Å²) in [5.74, 6) is 0.501. The zero-order valence-electron chi connectivity index (χ0n) is 16.1. The highest BCUT2D eigenvalue weighted by Crippen LogP contribution is 2.36. The van der Waals surface area contributed by atoms with Gasteiger partial charge in [-0.05, 0) is 47.2 Å². The van der Waals surface area contributed by atoms with Crippen molar-refractivity contribution in [2.75, 3.05) is 17.7 Å². The van der Waals surface area contributed by atoms with Gasteiger partial charge in [0, 0.05) is 17.8 Å². The fourth-order valence-corrected chi connectivity index (χ4v) is 3.33. The van der Waals surface area contributed by atoms with Crippen LogP contribution in [0.15, 0.2) is 59.8 Å². The van der Waals surface area contributed by atoms with E-state index in [2.05, 4.69) is 26.2 Å². The van der Waals surface area contributed by atoms with Crippen LogP contribution in [-0.4, -0.2) is 38.1 Å². The van der Waals surface area contributed by atoms with Gasteiger partial charge in [0.2, 0.25) is 5.95 Å². The van der Waals surface area contributed by atoms with Crippen molar-refractivity contribution in [1.82, 2.24) is 20.2 Å². The first-order valence-corrected chi connectivity index (χ1v) is 8.94. The van der Waals surface area contributed by atoms with Crippen LogP contribution in [0.3, 0.4) is 0 Å². The maximum absolute atomic E-state index is 13.3. The zero-order chi connectivity index (χ0) is 21.3. The Hall–Kier alpha value is -4.28. The van der Waals surface area contributed by atoms with Crippen LogP contribution in [0.2, 0.25) is 0 Å². The van der Waals surface area contributed by atoms with Crippen LogP contribution in [0.1, 0.15) is 18.5 Å². The molecule has 1 aliphatic heterocycles. The highest BCUT2D eigenvalue weighted by Gasteiger charge is 2.34. The summed E-state index contributed by atoms with van der Waals surface area (Å²) in [5.41, 5.74) is 2.02. The van der Waals surface area contributed by atoms with Crippen LogP contribution < -0.4 is 15.4 Å². The average Bonchev–Trinajstić information content (AvgIpc) is 3.21. The molecule has 4 rings (SSSR count). The Labute approximate surface area is 170 Å². The fraction of sp³-hybridized carbons (Fsp3) is 0.158. The second-order valence-electron chi connectivity index (χ2n) is 6.52. The standard InChI is InChI=1S/C19H17N7O4/c1-11-16(18(27)21-14-5-3-4-6-15(14)30-2)17(25-19(20-11)22-23-24-25)12-7-9-13(10-8-12)26(28)29/h3-10,17H,1-2H3,(H,21,27)(H,20,22,24)/t17-/m0/s1. The minimum atomic E-state index is -0.674. The van der Waals surface area contributed by atoms with Crippen molar-refractivity contribution in [3.63, 3.8) is 0 Å². The quantitative estimate of drug-likeness (QED) is 0.486. The molecule has 11 nitrogen and oxygen atoms in total. The zero-order valence-corrected chi connectivity index (χ0v) is 16.1. The first kappa shape index (κ1) is 19.1. The second-order valence-corrected chi connectivity index (χ2v) is 6.52. The number of non-ortho nitro benzene ring substituents is 1. The lowest BCUT2D eigenvalue weighted by atomic mass is 9.95. The molecule has 2 aromatic carbocycles. The van der Waals surface area contributed by atoms with Gasteiger partial charge >= 0.3 is 0 Å². The van der Waals surface area contributed by atoms with Crippen LogP contribution in [0.4, 0.5) is 17.3 Å². The van der Waals surface area contributed by atoms with E-state index in [0.717, 1.165) is 0 Å². The van der Waals surface area contributed by atoms with E-state index in [-0.39, 0.29) is 11.6 Å². The van der Waals surface area contributed by atoms with E-state index in [1.165, 1.54) is 23.9 Å². The number of methoxy groups -OCH3 is 1. The van der Waals surface area contributed by atoms with Crippen molar-refractivity contribution in [1.29, 1.82) is 0 Å². The number of tetrazole rings is 1. The SMILES string of the molecule is COc1ccccc1NC(=O)C1=C(C)Nc2nnnn2[C@H]1c1ccc([N+](=O)[O-])cc1. The molecule has 0 saturated carbocycles. The van der Waals surface area contributed by atoms with E-state index in [1.54, 1.807) is 43.3 Å². The maximum atomic E-state index is 13.3. The molecular formula is C19H17N7O4. The van der Waals surface area contributed by atoms with Crippen LogP contribution in [-0.2, 0) is 4.79 Å². The first-order valence-electron chi connectivity index (χ1n) is 8.94. The van der Waals surface area contributed by atoms with Gasteiger partial charge in [-0.15, -0.1) is 0 Å². The number of nitrogens with zero attached hydrogens (tertiary/aromatic N) is 5. The van der Waals surface area contributed by atoms with Gasteiger partial charge in [-0.2, -0.15) is 4.68 Å². The molecule has 2 heterocycles. The molecule has 0 aliphatic carbocycles. The lowest BCUT2D eigenvalue weighted by molar-refractivity contribution is -0.384. The highest BCUT2D eigenvalue weighted by atomic mass is 16.6. The third kappa shape index (κ3) is 3.32. The number of nitrogens with one attached hydrogen (secondary N) is 2. The summed E-state index contributed by atoms with van der Waals surface area (Å²) >= 11 is 0. The van der Waals surface area contributed by atoms with Crippen molar-refractivity contribution >= 4 is 23.2 Å². The Morgan fingerprint density at radius 3 is 2.67 bits per heavy atom. The number of hydrogen-bond acceptors (Lipinski definition) is 8. The molecule has 0 radical (unpaired) electrons. The number of carbonyl (C=O) groups is 1. The van der Waals surface area contributed by atoms with Crippen molar-refractivity contribution in [2.45, 2.75) is 13.0 Å². The Kier molecular flexibility index (Phi) is 4.84. The van der Waals surface area contributed by atoms with Gasteiger partial charge in [0.05, 0.1) is 23.3 Å². The minimum Gasteiger partial charge on any atom is -0.495 e. The molecule has 2 N–H and O–H groups in total. The van der Waals surface area contributed by atoms with Gasteiger partial charge in [-0.25, -0.2) is 0 Å². The van der Waals surface area contributed by atoms with Gasteiger partial charge in [-0.3, -0.25) is 14.9 Å². The van der Waals surface area contributed by atoms with Crippen molar-refractivity contribution in [3.05, 3.63) is 75.5 Å². The third-order valence-corrected chi connectivity index (χ3v) is 4.73. The van der Waals surface area contributed by atoms with Crippen LogP contribution >= 0.6 is 0 Å². The average molecular weight is 407 g/mol. The van der Waals surface area contributed by atoms with Gasteiger partial charge in [0.15, 0.2) is 0 Å². The fourth-order valence-electron chi connectivity index (χ4n) is 3.33. The molecule has 0 fully saturated rings. The number of carbonyl (C=O) groups excluding carboxylic acids is 1. The number of ether oxygens (including phenoxy) is 1. The molecular weight excluding hydrogens is 390 g/mol. The number of rotatable bonds is 5. The van der Waals surface area contributed by atoms with Gasteiger partial charge in [0.25, 0.3) is 11.6 Å². The molecule has 1 amide bonds. The minimum absolute atomic E-state index is 0.0506. The lowest BCUT2D eigenvalue weighted by Gasteiger charge is -2.28. The molecule has 11 heteroatoms. The summed E-state index contributed by atoms with van der Waals surface area (Å²) in [6.07, 6.45) is 0. The molecule has 0 saturated heterocycles. The van der Waals surface area contributed by atoms with Crippen molar-refractivity contribution in [3.8, 4) is 5.75 Å². The van der Waals surface area contributed by atoms with Gasteiger partial charge in [-0.1, -0.05) is 17.2 Å². The number of allylic oxidation sites excluding steroid dienone is 1. The number of fused-ring (bicyclic) bond motifs is 1. The number of hydrogen-bond donors (Lipinski definition) is 2. The van der Waals surface area contributed by atoms with E-state index >= 15 is 0 Å². The second kappa shape index (κ2) is 7.62. The summed E-state index contributed by atoms with van der Waals surface area (Å²) in [7, 11) is 1.52. The van der Waals surface area contributed by atoms with E-state index in [1.807, 2.05) is 0 Å². The summed E-state index contributed by atoms with van der Waals surface area (Å²) in [6.45, 7) is 1.74. The molecule has 152 valence electrons. The van der Waals surface area contributed by atoms with Gasteiger partial charge < -0.3 is 15.4 Å². The summed E-state index contributed by atoms with van der Waals surface area (Å²) in [5, 5.41) is 28.5. The van der Waals surface area contributed by atoms with E-state index < -0.39 is 11.0 Å². The molecule has 3 aromatic rings. The van der Waals surface area contributed by atoms with Crippen molar-refractivity contribution < 1.29 is 14.5 Å². The molecule has 30 heavy (non-hydrogen) atoms. The lowest BCUT2D eigenvalue weighted by Crippen LogP contribution is -2.31. The first-order chi connectivity index (χ1) is 14.5. The maximum Gasteiger partial charge on any atom is 0.269 e. The van der Waals surface area contributed by atoms with Gasteiger partial charge in [0.1, 0.15) is 11.8 Å². The Morgan fingerprint density at radius 1 is 1.23 bits per heavy atom. The third-order valence-electron chi connectivity index (χ3n) is 4.73. The molecule has 1 atom stereocenters. The number of amides is 1. The van der Waals surface area contributed by atoms with E-state index in [0.29, 0.717) is 34.2 Å². The summed E-state index contributed by atoms with van der Waals surface area (Å²) in [4.78, 5) is 23.8. The van der Waals surface area contributed by atoms with Crippen LogP contribution in [0, 0.1) is 10.1 Å². The molecule has 1 aliphatic rings.